The molecule has 0 aromatic carbocycles. The number of hydrogen-bond acceptors (Lipinski definition) is 3. The molecule has 2 heterocycles. The van der Waals surface area contributed by atoms with E-state index in [1.807, 2.05) is 32.2 Å². The number of aromatic nitrogens is 3. The van der Waals surface area contributed by atoms with Crippen molar-refractivity contribution in [1.29, 1.82) is 0 Å². The summed E-state index contributed by atoms with van der Waals surface area (Å²) >= 11 is 0. The Morgan fingerprint density at radius 2 is 2.27 bits per heavy atom. The highest BCUT2D eigenvalue weighted by molar-refractivity contribution is 5.75. The molecule has 0 fully saturated rings. The van der Waals surface area contributed by atoms with Gasteiger partial charge in [0.25, 0.3) is 0 Å². The highest BCUT2D eigenvalue weighted by atomic mass is 16.5. The fourth-order valence-corrected chi connectivity index (χ4v) is 1.58. The second-order valence-electron chi connectivity index (χ2n) is 3.46. The summed E-state index contributed by atoms with van der Waals surface area (Å²) in [6, 6.07) is 4.03. The zero-order valence-electron chi connectivity index (χ0n) is 9.10. The number of aryl methyl sites for hydroxylation is 1. The summed E-state index contributed by atoms with van der Waals surface area (Å²) in [5.41, 5.74) is 3.01. The van der Waals surface area contributed by atoms with Crippen molar-refractivity contribution >= 4 is 11.0 Å². The molecule has 0 N–H and O–H groups in total. The lowest BCUT2D eigenvalue weighted by Crippen LogP contribution is -2.04. The van der Waals surface area contributed by atoms with Crippen LogP contribution in [-0.2, 0) is 11.3 Å². The van der Waals surface area contributed by atoms with Crippen LogP contribution in [0.5, 0.6) is 0 Å². The van der Waals surface area contributed by atoms with Gasteiger partial charge in [-0.15, -0.1) is 5.10 Å². The van der Waals surface area contributed by atoms with Crippen LogP contribution in [0.25, 0.3) is 11.0 Å². The van der Waals surface area contributed by atoms with Crippen LogP contribution in [-0.4, -0.2) is 28.0 Å². The van der Waals surface area contributed by atoms with Crippen molar-refractivity contribution in [3.63, 3.8) is 0 Å². The average molecular weight is 205 g/mol. The molecule has 4 heteroatoms. The summed E-state index contributed by atoms with van der Waals surface area (Å²) in [6.07, 6.45) is 2.03. The van der Waals surface area contributed by atoms with Crippen molar-refractivity contribution in [2.24, 2.45) is 0 Å². The first-order chi connectivity index (χ1) is 7.31. The van der Waals surface area contributed by atoms with Crippen molar-refractivity contribution in [3.8, 4) is 0 Å². The molecule has 0 aliphatic rings. The van der Waals surface area contributed by atoms with E-state index in [0.29, 0.717) is 0 Å². The first kappa shape index (κ1) is 10.1. The van der Waals surface area contributed by atoms with Gasteiger partial charge in [-0.3, -0.25) is 0 Å². The molecule has 80 valence electrons. The Balaban J connectivity index is 2.23. The Labute approximate surface area is 88.9 Å². The molecule has 0 atom stereocenters. The van der Waals surface area contributed by atoms with Crippen molar-refractivity contribution in [2.75, 3.05) is 13.2 Å². The monoisotopic (exact) mass is 205 g/mol. The van der Waals surface area contributed by atoms with Crippen molar-refractivity contribution in [2.45, 2.75) is 20.4 Å². The normalized spacial score (nSPS) is 11.1. The second kappa shape index (κ2) is 4.40. The topological polar surface area (TPSA) is 39.9 Å². The summed E-state index contributed by atoms with van der Waals surface area (Å²) in [4.78, 5) is 0. The maximum Gasteiger partial charge on any atom is 0.111 e. The predicted molar refractivity (Wildman–Crippen MR) is 58.8 cm³/mol. The molecule has 0 bridgehead atoms. The lowest BCUT2D eigenvalue weighted by Gasteiger charge is -2.05. The Morgan fingerprint density at radius 1 is 1.40 bits per heavy atom. The molecule has 2 rings (SSSR count). The third-order valence-electron chi connectivity index (χ3n) is 2.33. The van der Waals surface area contributed by atoms with Crippen LogP contribution in [0.3, 0.4) is 0 Å². The first-order valence-corrected chi connectivity index (χ1v) is 5.18. The number of rotatable bonds is 4. The van der Waals surface area contributed by atoms with E-state index < -0.39 is 0 Å². The highest BCUT2D eigenvalue weighted by Gasteiger charge is 2.02. The quantitative estimate of drug-likeness (QED) is 0.714. The molecule has 0 spiro atoms. The van der Waals surface area contributed by atoms with Crippen molar-refractivity contribution < 1.29 is 4.74 Å². The fraction of sp³-hybridized carbons (Fsp3) is 0.455. The molecule has 2 aromatic rings. The van der Waals surface area contributed by atoms with Crippen molar-refractivity contribution in [3.05, 3.63) is 24.0 Å². The molecule has 0 aliphatic heterocycles. The summed E-state index contributed by atoms with van der Waals surface area (Å²) in [5.74, 6) is 0. The Hall–Kier alpha value is -1.42. The van der Waals surface area contributed by atoms with Gasteiger partial charge in [0, 0.05) is 19.3 Å². The fourth-order valence-electron chi connectivity index (χ4n) is 1.58. The summed E-state index contributed by atoms with van der Waals surface area (Å²) < 4.78 is 7.47. The van der Waals surface area contributed by atoms with E-state index >= 15 is 0 Å². The minimum atomic E-state index is 0.738. The van der Waals surface area contributed by atoms with Gasteiger partial charge in [-0.1, -0.05) is 0 Å². The summed E-state index contributed by atoms with van der Waals surface area (Å²) in [7, 11) is 0. The summed E-state index contributed by atoms with van der Waals surface area (Å²) in [5, 5.41) is 8.14. The predicted octanol–water partition coefficient (Wildman–Crippen LogP) is 1.78. The van der Waals surface area contributed by atoms with Gasteiger partial charge < -0.3 is 9.30 Å². The maximum atomic E-state index is 5.33. The molecular weight excluding hydrogens is 190 g/mol. The molecule has 0 saturated heterocycles. The smallest absolute Gasteiger partial charge is 0.111 e. The Morgan fingerprint density at radius 3 is 3.07 bits per heavy atom. The van der Waals surface area contributed by atoms with E-state index in [-0.39, 0.29) is 0 Å². The minimum Gasteiger partial charge on any atom is -0.380 e. The molecule has 0 amide bonds. The minimum absolute atomic E-state index is 0.738. The molecule has 0 unspecified atom stereocenters. The van der Waals surface area contributed by atoms with E-state index in [2.05, 4.69) is 14.8 Å². The number of hydrogen-bond donors (Lipinski definition) is 0. The molecule has 15 heavy (non-hydrogen) atoms. The van der Waals surface area contributed by atoms with Gasteiger partial charge in [0.15, 0.2) is 0 Å². The largest absolute Gasteiger partial charge is 0.380 e. The lowest BCUT2D eigenvalue weighted by molar-refractivity contribution is 0.140. The Bertz CT molecular complexity index is 450. The van der Waals surface area contributed by atoms with Gasteiger partial charge >= 0.3 is 0 Å². The zero-order valence-corrected chi connectivity index (χ0v) is 9.10. The van der Waals surface area contributed by atoms with Crippen LogP contribution >= 0.6 is 0 Å². The van der Waals surface area contributed by atoms with Crippen LogP contribution in [0.15, 0.2) is 18.3 Å². The third-order valence-corrected chi connectivity index (χ3v) is 2.33. The first-order valence-electron chi connectivity index (χ1n) is 5.18. The summed E-state index contributed by atoms with van der Waals surface area (Å²) in [6.45, 7) is 6.32. The lowest BCUT2D eigenvalue weighted by atomic mass is 10.3. The number of ether oxygens (including phenoxy) is 1. The standard InChI is InChI=1S/C11H15N3O/c1-3-15-7-6-14-5-4-10-11(14)8-9(2)12-13-10/h4-5,8H,3,6-7H2,1-2H3. The van der Waals surface area contributed by atoms with Gasteiger partial charge in [0.1, 0.15) is 5.52 Å². The SMILES string of the molecule is CCOCCn1ccc2nnc(C)cc21. The zero-order chi connectivity index (χ0) is 10.7. The maximum absolute atomic E-state index is 5.33. The van der Waals surface area contributed by atoms with Crippen molar-refractivity contribution in [1.82, 2.24) is 14.8 Å². The van der Waals surface area contributed by atoms with Gasteiger partial charge in [-0.05, 0) is 26.0 Å². The molecule has 0 aliphatic carbocycles. The van der Waals surface area contributed by atoms with Gasteiger partial charge in [0.05, 0.1) is 17.8 Å². The van der Waals surface area contributed by atoms with E-state index in [9.17, 15) is 0 Å². The van der Waals surface area contributed by atoms with Crippen LogP contribution in [0.2, 0.25) is 0 Å². The molecule has 0 saturated carbocycles. The Kier molecular flexibility index (Phi) is 2.97. The van der Waals surface area contributed by atoms with Crippen LogP contribution < -0.4 is 0 Å². The molecular formula is C11H15N3O. The van der Waals surface area contributed by atoms with Gasteiger partial charge in [-0.25, -0.2) is 0 Å². The van der Waals surface area contributed by atoms with Crippen LogP contribution in [0, 0.1) is 6.92 Å². The second-order valence-corrected chi connectivity index (χ2v) is 3.46. The number of fused-ring (bicyclic) bond motifs is 1. The van der Waals surface area contributed by atoms with E-state index in [4.69, 9.17) is 4.74 Å². The van der Waals surface area contributed by atoms with E-state index in [0.717, 1.165) is 36.5 Å². The highest BCUT2D eigenvalue weighted by Crippen LogP contribution is 2.12. The average Bonchev–Trinajstić information content (AvgIpc) is 2.62. The third kappa shape index (κ3) is 2.15. The van der Waals surface area contributed by atoms with E-state index in [1.165, 1.54) is 0 Å². The van der Waals surface area contributed by atoms with Gasteiger partial charge in [-0.2, -0.15) is 5.10 Å². The van der Waals surface area contributed by atoms with E-state index in [1.54, 1.807) is 0 Å². The van der Waals surface area contributed by atoms with Crippen LogP contribution in [0.4, 0.5) is 0 Å². The van der Waals surface area contributed by atoms with Crippen LogP contribution in [0.1, 0.15) is 12.6 Å². The molecule has 0 radical (unpaired) electrons. The molecule has 2 aromatic heterocycles. The van der Waals surface area contributed by atoms with Gasteiger partial charge in [0.2, 0.25) is 0 Å². The number of nitrogens with zero attached hydrogens (tertiary/aromatic N) is 3. The molecule has 4 nitrogen and oxygen atoms in total.